The van der Waals surface area contributed by atoms with E-state index in [1.165, 1.54) is 4.70 Å². The fourth-order valence-electron chi connectivity index (χ4n) is 2.11. The van der Waals surface area contributed by atoms with Crippen LogP contribution in [-0.4, -0.2) is 21.3 Å². The highest BCUT2D eigenvalue weighted by Gasteiger charge is 2.05. The summed E-state index contributed by atoms with van der Waals surface area (Å²) < 4.78 is 3.19. The summed E-state index contributed by atoms with van der Waals surface area (Å²) in [6.45, 7) is 4.78. The summed E-state index contributed by atoms with van der Waals surface area (Å²) in [5.74, 6) is 0. The van der Waals surface area contributed by atoms with Crippen LogP contribution in [0.1, 0.15) is 24.0 Å². The Balaban J connectivity index is 1.68. The number of hydrogen-bond donors (Lipinski definition) is 1. The average Bonchev–Trinajstić information content (AvgIpc) is 3.05. The van der Waals surface area contributed by atoms with Crippen LogP contribution < -0.4 is 5.32 Å². The lowest BCUT2D eigenvalue weighted by Gasteiger charge is -1.99. The molecule has 0 fully saturated rings. The SMILES string of the molecule is CCCNCc1ccn(Cc2nc3ccccc3s2)n1. The highest BCUT2D eigenvalue weighted by Crippen LogP contribution is 2.21. The third-order valence-corrected chi connectivity index (χ3v) is 4.09. The van der Waals surface area contributed by atoms with Crippen molar-refractivity contribution in [2.45, 2.75) is 26.4 Å². The second kappa shape index (κ2) is 6.15. The van der Waals surface area contributed by atoms with Gasteiger partial charge in [-0.15, -0.1) is 11.3 Å². The van der Waals surface area contributed by atoms with Crippen molar-refractivity contribution >= 4 is 21.6 Å². The van der Waals surface area contributed by atoms with Crippen LogP contribution >= 0.6 is 11.3 Å². The van der Waals surface area contributed by atoms with E-state index in [4.69, 9.17) is 0 Å². The van der Waals surface area contributed by atoms with E-state index in [1.54, 1.807) is 11.3 Å². The molecule has 1 aromatic carbocycles. The maximum atomic E-state index is 4.63. The first-order valence-corrected chi connectivity index (χ1v) is 7.74. The quantitative estimate of drug-likeness (QED) is 0.708. The van der Waals surface area contributed by atoms with Gasteiger partial charge in [0.05, 0.1) is 22.5 Å². The first kappa shape index (κ1) is 13.3. The predicted octanol–water partition coefficient (Wildman–Crippen LogP) is 3.04. The van der Waals surface area contributed by atoms with Crippen LogP contribution in [0.4, 0.5) is 0 Å². The predicted molar refractivity (Wildman–Crippen MR) is 82.9 cm³/mol. The molecule has 0 atom stereocenters. The number of hydrogen-bond acceptors (Lipinski definition) is 4. The van der Waals surface area contributed by atoms with Gasteiger partial charge in [0.15, 0.2) is 0 Å². The molecule has 0 aliphatic heterocycles. The van der Waals surface area contributed by atoms with Gasteiger partial charge in [-0.2, -0.15) is 5.10 Å². The summed E-state index contributed by atoms with van der Waals surface area (Å²) >= 11 is 1.74. The third kappa shape index (κ3) is 3.05. The lowest BCUT2D eigenvalue weighted by atomic mass is 10.3. The fraction of sp³-hybridized carbons (Fsp3) is 0.333. The number of nitrogens with zero attached hydrogens (tertiary/aromatic N) is 3. The Labute approximate surface area is 122 Å². The van der Waals surface area contributed by atoms with Crippen LogP contribution in [0.25, 0.3) is 10.2 Å². The fourth-order valence-corrected chi connectivity index (χ4v) is 3.06. The van der Waals surface area contributed by atoms with Crippen molar-refractivity contribution in [1.82, 2.24) is 20.1 Å². The molecule has 2 aromatic heterocycles. The van der Waals surface area contributed by atoms with E-state index in [0.29, 0.717) is 0 Å². The van der Waals surface area contributed by atoms with Crippen LogP contribution in [-0.2, 0) is 13.1 Å². The minimum Gasteiger partial charge on any atom is -0.311 e. The largest absolute Gasteiger partial charge is 0.311 e. The van der Waals surface area contributed by atoms with Crippen molar-refractivity contribution in [3.05, 3.63) is 47.2 Å². The Kier molecular flexibility index (Phi) is 4.08. The molecule has 3 rings (SSSR count). The van der Waals surface area contributed by atoms with Gasteiger partial charge in [0.25, 0.3) is 0 Å². The summed E-state index contributed by atoms with van der Waals surface area (Å²) in [4.78, 5) is 4.63. The minimum absolute atomic E-state index is 0.743. The Morgan fingerprint density at radius 2 is 2.15 bits per heavy atom. The summed E-state index contributed by atoms with van der Waals surface area (Å²) in [5, 5.41) is 9.03. The summed E-state index contributed by atoms with van der Waals surface area (Å²) in [5.41, 5.74) is 2.16. The molecule has 4 nitrogen and oxygen atoms in total. The molecular weight excluding hydrogens is 268 g/mol. The molecule has 0 aliphatic carbocycles. The maximum Gasteiger partial charge on any atom is 0.115 e. The molecule has 0 spiro atoms. The Morgan fingerprint density at radius 1 is 1.25 bits per heavy atom. The number of benzene rings is 1. The summed E-state index contributed by atoms with van der Waals surface area (Å²) in [7, 11) is 0. The highest BCUT2D eigenvalue weighted by molar-refractivity contribution is 7.18. The van der Waals surface area contributed by atoms with E-state index in [0.717, 1.165) is 42.3 Å². The van der Waals surface area contributed by atoms with Crippen molar-refractivity contribution in [2.24, 2.45) is 0 Å². The van der Waals surface area contributed by atoms with Gasteiger partial charge >= 0.3 is 0 Å². The number of fused-ring (bicyclic) bond motifs is 1. The zero-order chi connectivity index (χ0) is 13.8. The standard InChI is InChI=1S/C15H18N4S/c1-2-8-16-10-12-7-9-19(18-12)11-15-17-13-5-3-4-6-14(13)20-15/h3-7,9,16H,2,8,10-11H2,1H3. The van der Waals surface area contributed by atoms with Crippen molar-refractivity contribution < 1.29 is 0 Å². The van der Waals surface area contributed by atoms with Crippen molar-refractivity contribution in [3.63, 3.8) is 0 Å². The molecule has 0 radical (unpaired) electrons. The van der Waals surface area contributed by atoms with Crippen molar-refractivity contribution in [3.8, 4) is 0 Å². The molecule has 5 heteroatoms. The van der Waals surface area contributed by atoms with Crippen LogP contribution in [0.15, 0.2) is 36.5 Å². The second-order valence-electron chi connectivity index (χ2n) is 4.76. The number of nitrogens with one attached hydrogen (secondary N) is 1. The first-order chi connectivity index (χ1) is 9.85. The third-order valence-electron chi connectivity index (χ3n) is 3.06. The molecule has 3 aromatic rings. The number of thiazole rings is 1. The van der Waals surface area contributed by atoms with E-state index < -0.39 is 0 Å². The molecule has 0 saturated heterocycles. The molecule has 0 amide bonds. The maximum absolute atomic E-state index is 4.63. The van der Waals surface area contributed by atoms with Gasteiger partial charge in [-0.1, -0.05) is 19.1 Å². The van der Waals surface area contributed by atoms with E-state index in [9.17, 15) is 0 Å². The Hall–Kier alpha value is -1.72. The average molecular weight is 286 g/mol. The number of rotatable bonds is 6. The molecule has 0 unspecified atom stereocenters. The van der Waals surface area contributed by atoms with Crippen LogP contribution in [0.3, 0.4) is 0 Å². The Morgan fingerprint density at radius 3 is 3.00 bits per heavy atom. The first-order valence-electron chi connectivity index (χ1n) is 6.92. The van der Waals surface area contributed by atoms with Crippen LogP contribution in [0.2, 0.25) is 0 Å². The zero-order valence-electron chi connectivity index (χ0n) is 11.5. The van der Waals surface area contributed by atoms with Crippen molar-refractivity contribution in [1.29, 1.82) is 0 Å². The summed E-state index contributed by atoms with van der Waals surface area (Å²) in [6.07, 6.45) is 3.17. The smallest absolute Gasteiger partial charge is 0.115 e. The van der Waals surface area contributed by atoms with Gasteiger partial charge < -0.3 is 5.32 Å². The molecule has 1 N–H and O–H groups in total. The van der Waals surface area contributed by atoms with Gasteiger partial charge in [-0.3, -0.25) is 4.68 Å². The van der Waals surface area contributed by atoms with Gasteiger partial charge in [0.2, 0.25) is 0 Å². The molecule has 0 bridgehead atoms. The number of aromatic nitrogens is 3. The monoisotopic (exact) mass is 286 g/mol. The molecule has 2 heterocycles. The van der Waals surface area contributed by atoms with E-state index in [2.05, 4.69) is 46.6 Å². The van der Waals surface area contributed by atoms with E-state index in [1.807, 2.05) is 16.9 Å². The highest BCUT2D eigenvalue weighted by atomic mass is 32.1. The Bertz CT molecular complexity index is 653. The van der Waals surface area contributed by atoms with Gasteiger partial charge in [-0.25, -0.2) is 4.98 Å². The topological polar surface area (TPSA) is 42.7 Å². The van der Waals surface area contributed by atoms with E-state index >= 15 is 0 Å². The van der Waals surface area contributed by atoms with Gasteiger partial charge in [0.1, 0.15) is 5.01 Å². The molecule has 0 saturated carbocycles. The van der Waals surface area contributed by atoms with Gasteiger partial charge in [0, 0.05) is 12.7 Å². The lowest BCUT2D eigenvalue weighted by molar-refractivity contribution is 0.627. The normalized spacial score (nSPS) is 11.2. The van der Waals surface area contributed by atoms with Crippen LogP contribution in [0.5, 0.6) is 0 Å². The molecule has 20 heavy (non-hydrogen) atoms. The zero-order valence-corrected chi connectivity index (χ0v) is 12.4. The second-order valence-corrected chi connectivity index (χ2v) is 5.87. The molecule has 0 aliphatic rings. The van der Waals surface area contributed by atoms with Crippen molar-refractivity contribution in [2.75, 3.05) is 6.54 Å². The minimum atomic E-state index is 0.743. The number of para-hydroxylation sites is 1. The lowest BCUT2D eigenvalue weighted by Crippen LogP contribution is -2.14. The molecular formula is C15H18N4S. The van der Waals surface area contributed by atoms with Gasteiger partial charge in [-0.05, 0) is 31.2 Å². The summed E-state index contributed by atoms with van der Waals surface area (Å²) in [6, 6.07) is 10.3. The van der Waals surface area contributed by atoms with Crippen LogP contribution in [0, 0.1) is 0 Å². The van der Waals surface area contributed by atoms with E-state index in [-0.39, 0.29) is 0 Å². The molecule has 104 valence electrons.